The number of fused-ring (bicyclic) bond motifs is 1. The second-order valence-corrected chi connectivity index (χ2v) is 10.3. The molecule has 4 aromatic rings. The molecule has 204 valence electrons. The van der Waals surface area contributed by atoms with E-state index in [4.69, 9.17) is 24.4 Å². The summed E-state index contributed by atoms with van der Waals surface area (Å²) in [5.41, 5.74) is 5.11. The summed E-state index contributed by atoms with van der Waals surface area (Å²) in [5, 5.41) is 6.99. The van der Waals surface area contributed by atoms with E-state index in [0.29, 0.717) is 12.0 Å². The summed E-state index contributed by atoms with van der Waals surface area (Å²) in [6.45, 7) is 4.13. The smallest absolute Gasteiger partial charge is 0.231 e. The highest BCUT2D eigenvalue weighted by atomic mass is 16.5. The average Bonchev–Trinajstić information content (AvgIpc) is 3.43. The van der Waals surface area contributed by atoms with Gasteiger partial charge < -0.3 is 29.6 Å². The van der Waals surface area contributed by atoms with Crippen molar-refractivity contribution in [2.45, 2.75) is 44.6 Å². The van der Waals surface area contributed by atoms with E-state index in [1.54, 1.807) is 7.11 Å². The quantitative estimate of drug-likeness (QED) is 0.292. The molecule has 2 aliphatic rings. The Morgan fingerprint density at radius 3 is 2.46 bits per heavy atom. The second kappa shape index (κ2) is 11.9. The Hall–Kier alpha value is -3.85. The van der Waals surface area contributed by atoms with E-state index in [1.807, 2.05) is 18.5 Å². The van der Waals surface area contributed by atoms with Crippen LogP contribution in [0.3, 0.4) is 0 Å². The molecule has 0 unspecified atom stereocenters. The van der Waals surface area contributed by atoms with Gasteiger partial charge in [0, 0.05) is 37.1 Å². The minimum atomic E-state index is 0.437. The molecular weight excluding hydrogens is 490 g/mol. The molecule has 0 radical (unpaired) electrons. The molecule has 2 aromatic carbocycles. The lowest BCUT2D eigenvalue weighted by atomic mass is 9.95. The fraction of sp³-hybridized carbons (Fsp3) is 0.433. The molecule has 1 aliphatic heterocycles. The van der Waals surface area contributed by atoms with Gasteiger partial charge in [-0.2, -0.15) is 9.97 Å². The molecule has 1 aliphatic carbocycles. The predicted molar refractivity (Wildman–Crippen MR) is 155 cm³/mol. The topological polar surface area (TPSA) is 89.4 Å². The third-order valence-electron chi connectivity index (χ3n) is 7.75. The Morgan fingerprint density at radius 2 is 1.72 bits per heavy atom. The van der Waals surface area contributed by atoms with Crippen LogP contribution < -0.4 is 20.3 Å². The van der Waals surface area contributed by atoms with Crippen molar-refractivity contribution in [3.63, 3.8) is 0 Å². The van der Waals surface area contributed by atoms with E-state index in [-0.39, 0.29) is 0 Å². The number of nitrogens with one attached hydrogen (secondary N) is 2. The zero-order valence-corrected chi connectivity index (χ0v) is 22.6. The SMILES string of the molecule is COc1ccc(CCNc2nc(Nc3ccc(N4CCOCC4)cc3)nc3c2ncn3C2CCCCC2)cc1. The molecule has 0 amide bonds. The Labute approximate surface area is 229 Å². The Balaban J connectivity index is 1.23. The van der Waals surface area contributed by atoms with Gasteiger partial charge in [0.25, 0.3) is 0 Å². The molecule has 0 spiro atoms. The summed E-state index contributed by atoms with van der Waals surface area (Å²) in [4.78, 5) is 17.0. The first-order valence-electron chi connectivity index (χ1n) is 14.1. The highest BCUT2D eigenvalue weighted by molar-refractivity contribution is 5.85. The van der Waals surface area contributed by atoms with Crippen molar-refractivity contribution < 1.29 is 9.47 Å². The fourth-order valence-electron chi connectivity index (χ4n) is 5.55. The lowest BCUT2D eigenvalue weighted by Gasteiger charge is -2.28. The Kier molecular flexibility index (Phi) is 7.76. The number of methoxy groups -OCH3 is 1. The first-order chi connectivity index (χ1) is 19.3. The molecule has 39 heavy (non-hydrogen) atoms. The maximum absolute atomic E-state index is 5.49. The predicted octanol–water partition coefficient (Wildman–Crippen LogP) is 5.57. The van der Waals surface area contributed by atoms with Crippen LogP contribution in [0.1, 0.15) is 43.7 Å². The molecule has 6 rings (SSSR count). The molecule has 3 heterocycles. The van der Waals surface area contributed by atoms with Crippen LogP contribution >= 0.6 is 0 Å². The monoisotopic (exact) mass is 527 g/mol. The number of ether oxygens (including phenoxy) is 2. The first-order valence-corrected chi connectivity index (χ1v) is 14.1. The van der Waals surface area contributed by atoms with E-state index in [9.17, 15) is 0 Å². The lowest BCUT2D eigenvalue weighted by molar-refractivity contribution is 0.122. The van der Waals surface area contributed by atoms with Crippen molar-refractivity contribution in [1.82, 2.24) is 19.5 Å². The van der Waals surface area contributed by atoms with E-state index in [2.05, 4.69) is 56.5 Å². The first kappa shape index (κ1) is 25.4. The van der Waals surface area contributed by atoms with Crippen LogP contribution in [0.5, 0.6) is 5.75 Å². The fourth-order valence-corrected chi connectivity index (χ4v) is 5.55. The number of hydrogen-bond acceptors (Lipinski definition) is 8. The molecular formula is C30H37N7O2. The molecule has 1 saturated heterocycles. The zero-order chi connectivity index (χ0) is 26.4. The molecule has 9 heteroatoms. The van der Waals surface area contributed by atoms with Gasteiger partial charge in [0.2, 0.25) is 5.95 Å². The Morgan fingerprint density at radius 1 is 0.949 bits per heavy atom. The number of anilines is 4. The van der Waals surface area contributed by atoms with Crippen molar-refractivity contribution >= 4 is 34.3 Å². The summed E-state index contributed by atoms with van der Waals surface area (Å²) in [7, 11) is 1.69. The van der Waals surface area contributed by atoms with Crippen molar-refractivity contribution in [1.29, 1.82) is 0 Å². The van der Waals surface area contributed by atoms with Crippen LogP contribution in [0.2, 0.25) is 0 Å². The maximum atomic E-state index is 5.49. The summed E-state index contributed by atoms with van der Waals surface area (Å²) in [5.74, 6) is 2.20. The normalized spacial score (nSPS) is 16.4. The van der Waals surface area contributed by atoms with Crippen LogP contribution in [0.4, 0.5) is 23.1 Å². The minimum absolute atomic E-state index is 0.437. The van der Waals surface area contributed by atoms with Gasteiger partial charge in [-0.25, -0.2) is 4.98 Å². The van der Waals surface area contributed by atoms with E-state index in [1.165, 1.54) is 43.4 Å². The molecule has 2 fully saturated rings. The standard InChI is InChI=1S/C30H37N7O2/c1-38-26-13-7-22(8-14-26)15-16-31-28-27-29(37(21-32-27)25-5-3-2-4-6-25)35-30(34-28)33-23-9-11-24(12-10-23)36-17-19-39-20-18-36/h7-14,21,25H,2-6,15-20H2,1H3,(H2,31,33,34,35). The summed E-state index contributed by atoms with van der Waals surface area (Å²) < 4.78 is 13.0. The van der Waals surface area contributed by atoms with Crippen molar-refractivity contribution in [2.75, 3.05) is 55.5 Å². The van der Waals surface area contributed by atoms with Gasteiger partial charge in [0.15, 0.2) is 17.0 Å². The zero-order valence-electron chi connectivity index (χ0n) is 22.6. The third-order valence-corrected chi connectivity index (χ3v) is 7.75. The highest BCUT2D eigenvalue weighted by Crippen LogP contribution is 2.32. The molecule has 2 N–H and O–H groups in total. The number of benzene rings is 2. The van der Waals surface area contributed by atoms with Gasteiger partial charge in [-0.1, -0.05) is 31.4 Å². The van der Waals surface area contributed by atoms with Gasteiger partial charge in [-0.3, -0.25) is 0 Å². The molecule has 9 nitrogen and oxygen atoms in total. The largest absolute Gasteiger partial charge is 0.497 e. The van der Waals surface area contributed by atoms with Gasteiger partial charge in [0.05, 0.1) is 26.7 Å². The second-order valence-electron chi connectivity index (χ2n) is 10.3. The Bertz CT molecular complexity index is 1360. The van der Waals surface area contributed by atoms with Crippen molar-refractivity contribution in [3.8, 4) is 5.75 Å². The van der Waals surface area contributed by atoms with E-state index < -0.39 is 0 Å². The minimum Gasteiger partial charge on any atom is -0.497 e. The number of rotatable bonds is 9. The third kappa shape index (κ3) is 5.93. The van der Waals surface area contributed by atoms with Gasteiger partial charge in [0.1, 0.15) is 5.75 Å². The average molecular weight is 528 g/mol. The van der Waals surface area contributed by atoms with Crippen LogP contribution in [-0.2, 0) is 11.2 Å². The van der Waals surface area contributed by atoms with Gasteiger partial charge in [-0.15, -0.1) is 0 Å². The summed E-state index contributed by atoms with van der Waals surface area (Å²) in [6.07, 6.45) is 8.97. The molecule has 0 bridgehead atoms. The van der Waals surface area contributed by atoms with Gasteiger partial charge in [-0.05, 0) is 61.2 Å². The summed E-state index contributed by atoms with van der Waals surface area (Å²) >= 11 is 0. The van der Waals surface area contributed by atoms with E-state index >= 15 is 0 Å². The van der Waals surface area contributed by atoms with Crippen LogP contribution in [0.25, 0.3) is 11.2 Å². The van der Waals surface area contributed by atoms with Crippen LogP contribution in [0, 0.1) is 0 Å². The van der Waals surface area contributed by atoms with Gasteiger partial charge >= 0.3 is 0 Å². The number of morpholine rings is 1. The van der Waals surface area contributed by atoms with E-state index in [0.717, 1.165) is 67.7 Å². The number of aromatic nitrogens is 4. The van der Waals surface area contributed by atoms with Crippen molar-refractivity contribution in [2.24, 2.45) is 0 Å². The molecule has 0 atom stereocenters. The maximum Gasteiger partial charge on any atom is 0.231 e. The van der Waals surface area contributed by atoms with Crippen molar-refractivity contribution in [3.05, 3.63) is 60.4 Å². The number of nitrogens with zero attached hydrogens (tertiary/aromatic N) is 5. The van der Waals surface area contributed by atoms with Crippen LogP contribution in [-0.4, -0.2) is 59.5 Å². The summed E-state index contributed by atoms with van der Waals surface area (Å²) in [6, 6.07) is 17.1. The highest BCUT2D eigenvalue weighted by Gasteiger charge is 2.21. The lowest BCUT2D eigenvalue weighted by Crippen LogP contribution is -2.36. The molecule has 1 saturated carbocycles. The molecule has 2 aromatic heterocycles. The number of imidazole rings is 1. The number of hydrogen-bond donors (Lipinski definition) is 2. The van der Waals surface area contributed by atoms with Crippen LogP contribution in [0.15, 0.2) is 54.9 Å².